The van der Waals surface area contributed by atoms with Crippen molar-refractivity contribution in [2.24, 2.45) is 5.92 Å². The Morgan fingerprint density at radius 2 is 1.80 bits per heavy atom. The van der Waals surface area contributed by atoms with Crippen LogP contribution in [0.1, 0.15) is 37.7 Å². The van der Waals surface area contributed by atoms with Crippen LogP contribution in [-0.2, 0) is 0 Å². The van der Waals surface area contributed by atoms with E-state index in [1.54, 1.807) is 0 Å². The van der Waals surface area contributed by atoms with E-state index in [-0.39, 0.29) is 0 Å². The molecule has 1 aliphatic carbocycles. The first-order chi connectivity index (χ1) is 9.78. The lowest BCUT2D eigenvalue weighted by molar-refractivity contribution is 0.208. The SMILES string of the molecule is Cc1cc(OCCNCl)cc(OCC2CCCCC2)c1. The zero-order valence-corrected chi connectivity index (χ0v) is 12.9. The minimum absolute atomic E-state index is 0.551. The fraction of sp³-hybridized carbons (Fsp3) is 0.625. The topological polar surface area (TPSA) is 30.5 Å². The monoisotopic (exact) mass is 297 g/mol. The molecule has 0 atom stereocenters. The average Bonchev–Trinajstić information content (AvgIpc) is 2.46. The van der Waals surface area contributed by atoms with Crippen LogP contribution in [-0.4, -0.2) is 19.8 Å². The fourth-order valence-electron chi connectivity index (χ4n) is 2.66. The Morgan fingerprint density at radius 1 is 1.10 bits per heavy atom. The van der Waals surface area contributed by atoms with Gasteiger partial charge in [0.2, 0.25) is 0 Å². The van der Waals surface area contributed by atoms with Crippen molar-refractivity contribution in [2.75, 3.05) is 19.8 Å². The fourth-order valence-corrected chi connectivity index (χ4v) is 2.73. The Bertz CT molecular complexity index is 405. The van der Waals surface area contributed by atoms with Crippen LogP contribution in [0.4, 0.5) is 0 Å². The van der Waals surface area contributed by atoms with E-state index in [0.717, 1.165) is 23.7 Å². The normalized spacial score (nSPS) is 16.1. The minimum Gasteiger partial charge on any atom is -0.493 e. The average molecular weight is 298 g/mol. The number of hydrogen-bond acceptors (Lipinski definition) is 3. The van der Waals surface area contributed by atoms with Crippen LogP contribution >= 0.6 is 11.8 Å². The number of benzene rings is 1. The van der Waals surface area contributed by atoms with Crippen molar-refractivity contribution in [2.45, 2.75) is 39.0 Å². The Hall–Kier alpha value is -0.930. The Balaban J connectivity index is 1.86. The molecule has 112 valence electrons. The van der Waals surface area contributed by atoms with E-state index in [4.69, 9.17) is 21.3 Å². The first kappa shape index (κ1) is 15.5. The number of ether oxygens (including phenoxy) is 2. The van der Waals surface area contributed by atoms with Gasteiger partial charge in [-0.2, -0.15) is 0 Å². The van der Waals surface area contributed by atoms with Crippen molar-refractivity contribution in [3.63, 3.8) is 0 Å². The van der Waals surface area contributed by atoms with Crippen molar-refractivity contribution < 1.29 is 9.47 Å². The van der Waals surface area contributed by atoms with Crippen LogP contribution < -0.4 is 14.3 Å². The molecule has 1 aliphatic rings. The van der Waals surface area contributed by atoms with Crippen LogP contribution in [0.25, 0.3) is 0 Å². The molecule has 2 rings (SSSR count). The summed E-state index contributed by atoms with van der Waals surface area (Å²) >= 11 is 5.41. The molecular weight excluding hydrogens is 274 g/mol. The molecule has 0 amide bonds. The van der Waals surface area contributed by atoms with Gasteiger partial charge in [-0.05, 0) is 55.2 Å². The maximum atomic E-state index is 5.95. The highest BCUT2D eigenvalue weighted by Crippen LogP contribution is 2.27. The molecule has 20 heavy (non-hydrogen) atoms. The van der Waals surface area contributed by atoms with Crippen LogP contribution in [0.15, 0.2) is 18.2 Å². The molecule has 0 unspecified atom stereocenters. The van der Waals surface area contributed by atoms with E-state index >= 15 is 0 Å². The van der Waals surface area contributed by atoms with E-state index in [9.17, 15) is 0 Å². The molecule has 1 saturated carbocycles. The second-order valence-corrected chi connectivity index (χ2v) is 5.80. The minimum atomic E-state index is 0.551. The molecule has 1 aromatic carbocycles. The molecule has 3 nitrogen and oxygen atoms in total. The highest BCUT2D eigenvalue weighted by Gasteiger charge is 2.14. The van der Waals surface area contributed by atoms with Crippen LogP contribution in [0.5, 0.6) is 11.5 Å². The molecule has 0 aliphatic heterocycles. The predicted molar refractivity (Wildman–Crippen MR) is 82.6 cm³/mol. The third kappa shape index (κ3) is 5.22. The lowest BCUT2D eigenvalue weighted by atomic mass is 9.90. The molecule has 1 fully saturated rings. The summed E-state index contributed by atoms with van der Waals surface area (Å²) in [6.07, 6.45) is 6.68. The van der Waals surface area contributed by atoms with E-state index in [0.29, 0.717) is 19.1 Å². The zero-order valence-electron chi connectivity index (χ0n) is 12.2. The van der Waals surface area contributed by atoms with Gasteiger partial charge in [-0.1, -0.05) is 19.3 Å². The second-order valence-electron chi connectivity index (χ2n) is 5.53. The summed E-state index contributed by atoms with van der Waals surface area (Å²) in [6, 6.07) is 6.04. The maximum Gasteiger partial charge on any atom is 0.123 e. The van der Waals surface area contributed by atoms with Crippen LogP contribution in [0.3, 0.4) is 0 Å². The van der Waals surface area contributed by atoms with Crippen molar-refractivity contribution in [3.8, 4) is 11.5 Å². The lowest BCUT2D eigenvalue weighted by Gasteiger charge is -2.22. The maximum absolute atomic E-state index is 5.95. The molecule has 0 heterocycles. The smallest absolute Gasteiger partial charge is 0.123 e. The highest BCUT2D eigenvalue weighted by atomic mass is 35.5. The van der Waals surface area contributed by atoms with Gasteiger partial charge >= 0.3 is 0 Å². The molecular formula is C16H24ClNO2. The molecule has 0 saturated heterocycles. The summed E-state index contributed by atoms with van der Waals surface area (Å²) in [4.78, 5) is 2.55. The molecule has 4 heteroatoms. The summed E-state index contributed by atoms with van der Waals surface area (Å²) in [7, 11) is 0. The third-order valence-corrected chi connectivity index (χ3v) is 3.89. The van der Waals surface area contributed by atoms with E-state index in [1.807, 2.05) is 12.1 Å². The Morgan fingerprint density at radius 3 is 2.50 bits per heavy atom. The largest absolute Gasteiger partial charge is 0.493 e. The molecule has 0 radical (unpaired) electrons. The molecule has 1 N–H and O–H groups in total. The number of nitrogens with one attached hydrogen (secondary N) is 1. The first-order valence-electron chi connectivity index (χ1n) is 7.48. The summed E-state index contributed by atoms with van der Waals surface area (Å²) in [6.45, 7) is 4.05. The molecule has 0 bridgehead atoms. The van der Waals surface area contributed by atoms with Crippen molar-refractivity contribution in [1.82, 2.24) is 4.84 Å². The van der Waals surface area contributed by atoms with Crippen LogP contribution in [0.2, 0.25) is 0 Å². The summed E-state index contributed by atoms with van der Waals surface area (Å²) in [5.41, 5.74) is 1.15. The van der Waals surface area contributed by atoms with E-state index in [1.165, 1.54) is 32.1 Å². The van der Waals surface area contributed by atoms with Gasteiger partial charge in [-0.15, -0.1) is 0 Å². The van der Waals surface area contributed by atoms with Gasteiger partial charge in [-0.25, -0.2) is 4.84 Å². The molecule has 0 spiro atoms. The Labute approximate surface area is 126 Å². The highest BCUT2D eigenvalue weighted by molar-refractivity contribution is 6.13. The van der Waals surface area contributed by atoms with Gasteiger partial charge in [0.15, 0.2) is 0 Å². The number of halogens is 1. The molecule has 1 aromatic rings. The number of rotatable bonds is 7. The quantitative estimate of drug-likeness (QED) is 0.608. The standard InChI is InChI=1S/C16H24ClNO2/c1-13-9-15(19-8-7-18-17)11-16(10-13)20-12-14-5-3-2-4-6-14/h9-11,14,18H,2-8,12H2,1H3. The Kier molecular flexibility index (Phi) is 6.48. The van der Waals surface area contributed by atoms with Crippen molar-refractivity contribution in [3.05, 3.63) is 23.8 Å². The third-order valence-electron chi connectivity index (χ3n) is 3.70. The zero-order chi connectivity index (χ0) is 14.2. The second kappa shape index (κ2) is 8.38. The van der Waals surface area contributed by atoms with Gasteiger partial charge in [0.1, 0.15) is 18.1 Å². The van der Waals surface area contributed by atoms with Crippen LogP contribution in [0, 0.1) is 12.8 Å². The number of hydrogen-bond donors (Lipinski definition) is 1. The van der Waals surface area contributed by atoms with Crippen molar-refractivity contribution >= 4 is 11.8 Å². The van der Waals surface area contributed by atoms with Gasteiger partial charge in [0.05, 0.1) is 6.61 Å². The molecule has 0 aromatic heterocycles. The van der Waals surface area contributed by atoms with E-state index in [2.05, 4.69) is 17.8 Å². The van der Waals surface area contributed by atoms with E-state index < -0.39 is 0 Å². The first-order valence-corrected chi connectivity index (χ1v) is 7.86. The summed E-state index contributed by atoms with van der Waals surface area (Å²) in [5.74, 6) is 2.47. The summed E-state index contributed by atoms with van der Waals surface area (Å²) < 4.78 is 11.6. The lowest BCUT2D eigenvalue weighted by Crippen LogP contribution is -2.15. The van der Waals surface area contributed by atoms with Gasteiger partial charge < -0.3 is 9.47 Å². The van der Waals surface area contributed by atoms with Gasteiger partial charge in [0.25, 0.3) is 0 Å². The van der Waals surface area contributed by atoms with Gasteiger partial charge in [0, 0.05) is 12.6 Å². The predicted octanol–water partition coefficient (Wildman–Crippen LogP) is 4.08. The summed E-state index contributed by atoms with van der Waals surface area (Å²) in [5, 5.41) is 0. The van der Waals surface area contributed by atoms with Gasteiger partial charge in [-0.3, -0.25) is 0 Å². The van der Waals surface area contributed by atoms with Crippen molar-refractivity contribution in [1.29, 1.82) is 0 Å². The number of aryl methyl sites for hydroxylation is 1.